The number of likely N-dealkylation sites (N-methyl/N-ethyl adjacent to an activating group) is 1. The Balaban J connectivity index is 1.67. The summed E-state index contributed by atoms with van der Waals surface area (Å²) >= 11 is 0. The van der Waals surface area contributed by atoms with Crippen molar-refractivity contribution in [3.63, 3.8) is 0 Å². The van der Waals surface area contributed by atoms with E-state index in [0.29, 0.717) is 11.5 Å². The van der Waals surface area contributed by atoms with Crippen molar-refractivity contribution in [1.82, 2.24) is 10.2 Å². The Labute approximate surface area is 163 Å². The van der Waals surface area contributed by atoms with Crippen LogP contribution < -0.4 is 10.1 Å². The molecule has 1 N–H and O–H groups in total. The number of rotatable bonds is 9. The zero-order chi connectivity index (χ0) is 20.5. The van der Waals surface area contributed by atoms with Crippen molar-refractivity contribution in [3.05, 3.63) is 53.5 Å². The molecule has 28 heavy (non-hydrogen) atoms. The molecule has 0 spiro atoms. The molecule has 0 aliphatic carbocycles. The predicted molar refractivity (Wildman–Crippen MR) is 101 cm³/mol. The van der Waals surface area contributed by atoms with Gasteiger partial charge in [-0.1, -0.05) is 12.1 Å². The van der Waals surface area contributed by atoms with Gasteiger partial charge in [-0.05, 0) is 43.2 Å². The lowest BCUT2D eigenvalue weighted by Crippen LogP contribution is -2.40. The highest BCUT2D eigenvalue weighted by atomic mass is 16.6. The van der Waals surface area contributed by atoms with Gasteiger partial charge in [0.25, 0.3) is 5.91 Å². The number of carbonyl (C=O) groups is 3. The second-order valence-electron chi connectivity index (χ2n) is 6.25. The SMILES string of the molecule is Cc1cccc(OCC(=O)OCC(=O)N(C)CC(=O)NCc2ccco2)c1C. The molecule has 0 aliphatic heterocycles. The van der Waals surface area contributed by atoms with E-state index in [1.165, 1.54) is 18.2 Å². The van der Waals surface area contributed by atoms with Crippen LogP contribution in [0.4, 0.5) is 0 Å². The molecule has 150 valence electrons. The molecule has 1 heterocycles. The fourth-order valence-electron chi connectivity index (χ4n) is 2.27. The lowest BCUT2D eigenvalue weighted by atomic mass is 10.1. The molecule has 0 atom stereocenters. The van der Waals surface area contributed by atoms with Crippen LogP contribution in [0.15, 0.2) is 41.0 Å². The van der Waals surface area contributed by atoms with E-state index < -0.39 is 18.5 Å². The third kappa shape index (κ3) is 6.46. The molecule has 0 saturated carbocycles. The molecule has 2 rings (SSSR count). The van der Waals surface area contributed by atoms with E-state index in [9.17, 15) is 14.4 Å². The van der Waals surface area contributed by atoms with Crippen LogP contribution in [0.2, 0.25) is 0 Å². The van der Waals surface area contributed by atoms with Gasteiger partial charge in [-0.25, -0.2) is 4.79 Å². The van der Waals surface area contributed by atoms with E-state index in [0.717, 1.165) is 11.1 Å². The van der Waals surface area contributed by atoms with Gasteiger partial charge >= 0.3 is 5.97 Å². The summed E-state index contributed by atoms with van der Waals surface area (Å²) < 4.78 is 15.5. The normalized spacial score (nSPS) is 10.2. The number of esters is 1. The van der Waals surface area contributed by atoms with Crippen molar-refractivity contribution < 1.29 is 28.3 Å². The van der Waals surface area contributed by atoms with Crippen molar-refractivity contribution in [2.24, 2.45) is 0 Å². The number of ether oxygens (including phenoxy) is 2. The smallest absolute Gasteiger partial charge is 0.344 e. The van der Waals surface area contributed by atoms with Gasteiger partial charge in [-0.3, -0.25) is 9.59 Å². The van der Waals surface area contributed by atoms with Crippen LogP contribution in [-0.4, -0.2) is 49.5 Å². The fourth-order valence-corrected chi connectivity index (χ4v) is 2.27. The topological polar surface area (TPSA) is 98.1 Å². The quantitative estimate of drug-likeness (QED) is 0.655. The Kier molecular flexibility index (Phi) is 7.62. The molecule has 2 amide bonds. The average molecular weight is 388 g/mol. The zero-order valence-electron chi connectivity index (χ0n) is 16.2. The van der Waals surface area contributed by atoms with Gasteiger partial charge in [0.2, 0.25) is 5.91 Å². The summed E-state index contributed by atoms with van der Waals surface area (Å²) in [6, 6.07) is 8.98. The minimum Gasteiger partial charge on any atom is -0.482 e. The summed E-state index contributed by atoms with van der Waals surface area (Å²) in [6.45, 7) is 3.15. The molecular weight excluding hydrogens is 364 g/mol. The first-order chi connectivity index (χ1) is 13.4. The first-order valence-corrected chi connectivity index (χ1v) is 8.74. The van der Waals surface area contributed by atoms with Gasteiger partial charge in [-0.15, -0.1) is 0 Å². The van der Waals surface area contributed by atoms with Gasteiger partial charge in [-0.2, -0.15) is 0 Å². The van der Waals surface area contributed by atoms with Crippen LogP contribution in [0, 0.1) is 13.8 Å². The molecular formula is C20H24N2O6. The van der Waals surface area contributed by atoms with Crippen molar-refractivity contribution >= 4 is 17.8 Å². The van der Waals surface area contributed by atoms with Crippen molar-refractivity contribution in [3.8, 4) is 5.75 Å². The maximum atomic E-state index is 12.0. The summed E-state index contributed by atoms with van der Waals surface area (Å²) in [4.78, 5) is 36.8. The molecule has 2 aromatic rings. The second-order valence-corrected chi connectivity index (χ2v) is 6.25. The van der Waals surface area contributed by atoms with E-state index >= 15 is 0 Å². The molecule has 8 nitrogen and oxygen atoms in total. The molecule has 0 unspecified atom stereocenters. The first kappa shape index (κ1) is 21.0. The van der Waals surface area contributed by atoms with E-state index in [1.807, 2.05) is 26.0 Å². The molecule has 8 heteroatoms. The Morgan fingerprint density at radius 2 is 1.89 bits per heavy atom. The highest BCUT2D eigenvalue weighted by molar-refractivity contribution is 5.86. The summed E-state index contributed by atoms with van der Waals surface area (Å²) in [6.07, 6.45) is 1.51. The number of aryl methyl sites for hydroxylation is 1. The number of carbonyl (C=O) groups excluding carboxylic acids is 3. The van der Waals surface area contributed by atoms with E-state index in [-0.39, 0.29) is 25.6 Å². The van der Waals surface area contributed by atoms with Crippen molar-refractivity contribution in [1.29, 1.82) is 0 Å². The molecule has 1 aromatic carbocycles. The van der Waals surface area contributed by atoms with Crippen LogP contribution >= 0.6 is 0 Å². The Morgan fingerprint density at radius 1 is 1.11 bits per heavy atom. The van der Waals surface area contributed by atoms with Gasteiger partial charge in [0, 0.05) is 7.05 Å². The van der Waals surface area contributed by atoms with Gasteiger partial charge < -0.3 is 24.1 Å². The molecule has 0 fully saturated rings. The second kappa shape index (κ2) is 10.1. The summed E-state index contributed by atoms with van der Waals surface area (Å²) in [5.41, 5.74) is 1.99. The molecule has 0 aliphatic rings. The van der Waals surface area contributed by atoms with Gasteiger partial charge in [0.15, 0.2) is 13.2 Å². The van der Waals surface area contributed by atoms with Crippen molar-refractivity contribution in [2.75, 3.05) is 26.8 Å². The third-order valence-corrected chi connectivity index (χ3v) is 4.10. The number of furan rings is 1. The lowest BCUT2D eigenvalue weighted by molar-refractivity contribution is -0.153. The summed E-state index contributed by atoms with van der Waals surface area (Å²) in [5, 5.41) is 2.63. The number of hydrogen-bond acceptors (Lipinski definition) is 6. The molecule has 0 bridgehead atoms. The van der Waals surface area contributed by atoms with Crippen LogP contribution in [0.3, 0.4) is 0 Å². The first-order valence-electron chi connectivity index (χ1n) is 8.74. The van der Waals surface area contributed by atoms with Crippen LogP contribution in [0.1, 0.15) is 16.9 Å². The number of benzene rings is 1. The van der Waals surface area contributed by atoms with Gasteiger partial charge in [0.1, 0.15) is 11.5 Å². The largest absolute Gasteiger partial charge is 0.482 e. The number of nitrogens with one attached hydrogen (secondary N) is 1. The number of nitrogens with zero attached hydrogens (tertiary/aromatic N) is 1. The fraction of sp³-hybridized carbons (Fsp3) is 0.350. The lowest BCUT2D eigenvalue weighted by Gasteiger charge is -2.16. The standard InChI is InChI=1S/C20H24N2O6/c1-14-6-4-8-17(15(14)2)27-13-20(25)28-12-19(24)22(3)11-18(23)21-10-16-7-5-9-26-16/h4-9H,10-13H2,1-3H3,(H,21,23). The number of hydrogen-bond donors (Lipinski definition) is 1. The van der Waals surface area contributed by atoms with Crippen LogP contribution in [0.25, 0.3) is 0 Å². The minimum absolute atomic E-state index is 0.157. The Bertz CT molecular complexity index is 816. The van der Waals surface area contributed by atoms with Crippen molar-refractivity contribution in [2.45, 2.75) is 20.4 Å². The predicted octanol–water partition coefficient (Wildman–Crippen LogP) is 1.59. The Hall–Kier alpha value is -3.29. The summed E-state index contributed by atoms with van der Waals surface area (Å²) in [5.74, 6) is -0.302. The highest BCUT2D eigenvalue weighted by Crippen LogP contribution is 2.20. The maximum absolute atomic E-state index is 12.0. The van der Waals surface area contributed by atoms with Crippen LogP contribution in [-0.2, 0) is 25.7 Å². The third-order valence-electron chi connectivity index (χ3n) is 4.10. The average Bonchev–Trinajstić information content (AvgIpc) is 3.19. The number of amides is 2. The highest BCUT2D eigenvalue weighted by Gasteiger charge is 2.16. The van der Waals surface area contributed by atoms with E-state index in [1.54, 1.807) is 18.2 Å². The zero-order valence-corrected chi connectivity index (χ0v) is 16.2. The minimum atomic E-state index is -0.662. The van der Waals surface area contributed by atoms with E-state index in [2.05, 4.69) is 5.32 Å². The molecule has 1 aromatic heterocycles. The van der Waals surface area contributed by atoms with E-state index in [4.69, 9.17) is 13.9 Å². The maximum Gasteiger partial charge on any atom is 0.344 e. The monoisotopic (exact) mass is 388 g/mol. The van der Waals surface area contributed by atoms with Crippen LogP contribution in [0.5, 0.6) is 5.75 Å². The Morgan fingerprint density at radius 3 is 2.61 bits per heavy atom. The van der Waals surface area contributed by atoms with Gasteiger partial charge in [0.05, 0.1) is 19.4 Å². The molecule has 0 saturated heterocycles. The summed E-state index contributed by atoms with van der Waals surface area (Å²) in [7, 11) is 1.45. The molecule has 0 radical (unpaired) electrons.